The molecule has 1 atom stereocenters. The van der Waals surface area contributed by atoms with Crippen molar-refractivity contribution >= 4 is 15.9 Å². The molecule has 22 heavy (non-hydrogen) atoms. The summed E-state index contributed by atoms with van der Waals surface area (Å²) in [5.74, 6) is -0.251. The molecule has 1 aliphatic rings. The summed E-state index contributed by atoms with van der Waals surface area (Å²) in [4.78, 5) is 14.5. The van der Waals surface area contributed by atoms with Crippen LogP contribution < -0.4 is 4.72 Å². The highest BCUT2D eigenvalue weighted by molar-refractivity contribution is 7.89. The van der Waals surface area contributed by atoms with Crippen LogP contribution in [0.4, 0.5) is 0 Å². The smallest absolute Gasteiger partial charge is 0.241 e. The molecule has 1 aromatic carbocycles. The highest BCUT2D eigenvalue weighted by Gasteiger charge is 2.31. The van der Waals surface area contributed by atoms with Crippen LogP contribution in [-0.4, -0.2) is 37.6 Å². The van der Waals surface area contributed by atoms with Crippen LogP contribution in [0.3, 0.4) is 0 Å². The molecule has 1 heterocycles. The average molecular weight is 324 g/mol. The number of benzene rings is 1. The third-order valence-corrected chi connectivity index (χ3v) is 5.43. The van der Waals surface area contributed by atoms with Crippen molar-refractivity contribution in [2.24, 2.45) is 5.92 Å². The zero-order chi connectivity index (χ0) is 16.3. The van der Waals surface area contributed by atoms with Crippen molar-refractivity contribution in [1.82, 2.24) is 9.62 Å². The Morgan fingerprint density at radius 1 is 1.27 bits per heavy atom. The average Bonchev–Trinajstić information content (AvgIpc) is 2.51. The first kappa shape index (κ1) is 17.0. The third kappa shape index (κ3) is 3.87. The molecule has 0 saturated carbocycles. The summed E-state index contributed by atoms with van der Waals surface area (Å²) in [6.45, 7) is 6.47. The van der Waals surface area contributed by atoms with Crippen molar-refractivity contribution in [2.75, 3.05) is 12.3 Å². The van der Waals surface area contributed by atoms with Gasteiger partial charge in [-0.25, -0.2) is 13.1 Å². The van der Waals surface area contributed by atoms with Crippen LogP contribution in [0.25, 0.3) is 0 Å². The van der Waals surface area contributed by atoms with Gasteiger partial charge in [-0.2, -0.15) is 0 Å². The standard InChI is InChI=1S/C16H24N2O3S/c1-4-22(20,21)17-15(12(2)3)16(19)18-10-9-13-7-5-6-8-14(13)11-18/h5-8,12,15,17H,4,9-11H2,1-3H3/t15-/m1/s1. The molecule has 1 amide bonds. The van der Waals surface area contributed by atoms with E-state index in [0.29, 0.717) is 13.1 Å². The molecule has 1 N–H and O–H groups in total. The third-order valence-electron chi connectivity index (χ3n) is 4.06. The number of nitrogens with zero attached hydrogens (tertiary/aromatic N) is 1. The molecule has 0 unspecified atom stereocenters. The first-order chi connectivity index (χ1) is 10.3. The summed E-state index contributed by atoms with van der Waals surface area (Å²) in [6, 6.07) is 7.37. The van der Waals surface area contributed by atoms with Gasteiger partial charge in [0.25, 0.3) is 0 Å². The fourth-order valence-electron chi connectivity index (χ4n) is 2.63. The quantitative estimate of drug-likeness (QED) is 0.893. The van der Waals surface area contributed by atoms with E-state index in [-0.39, 0.29) is 17.6 Å². The number of sulfonamides is 1. The number of rotatable bonds is 5. The van der Waals surface area contributed by atoms with Crippen molar-refractivity contribution in [1.29, 1.82) is 0 Å². The Morgan fingerprint density at radius 2 is 1.91 bits per heavy atom. The molecule has 0 bridgehead atoms. The molecular weight excluding hydrogens is 300 g/mol. The van der Waals surface area contributed by atoms with E-state index in [4.69, 9.17) is 0 Å². The molecule has 2 rings (SSSR count). The van der Waals surface area contributed by atoms with Gasteiger partial charge in [-0.3, -0.25) is 4.79 Å². The van der Waals surface area contributed by atoms with Crippen molar-refractivity contribution in [3.8, 4) is 0 Å². The van der Waals surface area contributed by atoms with Gasteiger partial charge in [-0.05, 0) is 30.4 Å². The number of hydrogen-bond donors (Lipinski definition) is 1. The van der Waals surface area contributed by atoms with Crippen LogP contribution >= 0.6 is 0 Å². The fourth-order valence-corrected chi connectivity index (χ4v) is 3.56. The lowest BCUT2D eigenvalue weighted by Crippen LogP contribution is -2.52. The van der Waals surface area contributed by atoms with Crippen molar-refractivity contribution in [3.63, 3.8) is 0 Å². The molecule has 0 aliphatic carbocycles. The Bertz CT molecular complexity index is 641. The van der Waals surface area contributed by atoms with Gasteiger partial charge in [0.2, 0.25) is 15.9 Å². The van der Waals surface area contributed by atoms with Crippen LogP contribution in [0.15, 0.2) is 24.3 Å². The molecule has 5 nitrogen and oxygen atoms in total. The van der Waals surface area contributed by atoms with Crippen molar-refractivity contribution in [3.05, 3.63) is 35.4 Å². The Kier molecular flexibility index (Phi) is 5.24. The van der Waals surface area contributed by atoms with Gasteiger partial charge < -0.3 is 4.90 Å². The van der Waals surface area contributed by atoms with Gasteiger partial charge >= 0.3 is 0 Å². The lowest BCUT2D eigenvalue weighted by atomic mass is 9.97. The molecular formula is C16H24N2O3S. The number of hydrogen-bond acceptors (Lipinski definition) is 3. The minimum atomic E-state index is -3.41. The van der Waals surface area contributed by atoms with Gasteiger partial charge in [0.15, 0.2) is 0 Å². The highest BCUT2D eigenvalue weighted by Crippen LogP contribution is 2.20. The molecule has 0 radical (unpaired) electrons. The van der Waals surface area contributed by atoms with Crippen molar-refractivity contribution in [2.45, 2.75) is 39.8 Å². The van der Waals surface area contributed by atoms with Crippen LogP contribution in [-0.2, 0) is 27.8 Å². The molecule has 6 heteroatoms. The van der Waals surface area contributed by atoms with E-state index in [2.05, 4.69) is 10.8 Å². The lowest BCUT2D eigenvalue weighted by Gasteiger charge is -2.33. The Morgan fingerprint density at radius 3 is 2.50 bits per heavy atom. The Labute approximate surface area is 132 Å². The largest absolute Gasteiger partial charge is 0.337 e. The maximum absolute atomic E-state index is 12.7. The van der Waals surface area contributed by atoms with E-state index < -0.39 is 16.1 Å². The van der Waals surface area contributed by atoms with Crippen LogP contribution in [0.1, 0.15) is 31.9 Å². The van der Waals surface area contributed by atoms with E-state index in [0.717, 1.165) is 12.0 Å². The number of carbonyl (C=O) groups is 1. The van der Waals surface area contributed by atoms with Gasteiger partial charge in [0.05, 0.1) is 5.75 Å². The van der Waals surface area contributed by atoms with Gasteiger partial charge in [0.1, 0.15) is 6.04 Å². The minimum absolute atomic E-state index is 0.0215. The van der Waals surface area contributed by atoms with Gasteiger partial charge in [-0.15, -0.1) is 0 Å². The summed E-state index contributed by atoms with van der Waals surface area (Å²) in [6.07, 6.45) is 0.813. The second-order valence-electron chi connectivity index (χ2n) is 6.02. The summed E-state index contributed by atoms with van der Waals surface area (Å²) in [5.41, 5.74) is 2.41. The second-order valence-corrected chi connectivity index (χ2v) is 8.06. The van der Waals surface area contributed by atoms with E-state index in [1.54, 1.807) is 11.8 Å². The first-order valence-electron chi connectivity index (χ1n) is 7.69. The van der Waals surface area contributed by atoms with E-state index in [1.165, 1.54) is 5.56 Å². The molecule has 0 spiro atoms. The summed E-state index contributed by atoms with van der Waals surface area (Å²) >= 11 is 0. The normalized spacial score (nSPS) is 16.5. The number of carbonyl (C=O) groups excluding carboxylic acids is 1. The van der Waals surface area contributed by atoms with Crippen LogP contribution in [0, 0.1) is 5.92 Å². The van der Waals surface area contributed by atoms with E-state index in [9.17, 15) is 13.2 Å². The Balaban J connectivity index is 2.15. The molecule has 1 aromatic rings. The van der Waals surface area contributed by atoms with Gasteiger partial charge in [-0.1, -0.05) is 38.1 Å². The molecule has 0 aromatic heterocycles. The lowest BCUT2D eigenvalue weighted by molar-refractivity contribution is -0.135. The maximum atomic E-state index is 12.7. The molecule has 0 saturated heterocycles. The van der Waals surface area contributed by atoms with E-state index >= 15 is 0 Å². The maximum Gasteiger partial charge on any atom is 0.241 e. The topological polar surface area (TPSA) is 66.5 Å². The molecule has 0 fully saturated rings. The van der Waals surface area contributed by atoms with Gasteiger partial charge in [0, 0.05) is 13.1 Å². The first-order valence-corrected chi connectivity index (χ1v) is 9.35. The summed E-state index contributed by atoms with van der Waals surface area (Å²) in [5, 5.41) is 0. The Hall–Kier alpha value is -1.40. The second kappa shape index (κ2) is 6.79. The summed E-state index contributed by atoms with van der Waals surface area (Å²) in [7, 11) is -3.41. The SMILES string of the molecule is CCS(=O)(=O)N[C@@H](C(=O)N1CCc2ccccc2C1)C(C)C. The molecule has 122 valence electrons. The predicted octanol–water partition coefficient (Wildman–Crippen LogP) is 1.54. The number of fused-ring (bicyclic) bond motifs is 1. The van der Waals surface area contributed by atoms with E-state index in [1.807, 2.05) is 32.0 Å². The zero-order valence-electron chi connectivity index (χ0n) is 13.4. The monoisotopic (exact) mass is 324 g/mol. The minimum Gasteiger partial charge on any atom is -0.337 e. The predicted molar refractivity (Wildman–Crippen MR) is 86.8 cm³/mol. The number of nitrogens with one attached hydrogen (secondary N) is 1. The molecule has 1 aliphatic heterocycles. The zero-order valence-corrected chi connectivity index (χ0v) is 14.2. The summed E-state index contributed by atoms with van der Waals surface area (Å²) < 4.78 is 26.2. The number of amides is 1. The van der Waals surface area contributed by atoms with Crippen molar-refractivity contribution < 1.29 is 13.2 Å². The highest BCUT2D eigenvalue weighted by atomic mass is 32.2. The van der Waals surface area contributed by atoms with Crippen LogP contribution in [0.2, 0.25) is 0 Å². The van der Waals surface area contributed by atoms with Crippen LogP contribution in [0.5, 0.6) is 0 Å². The fraction of sp³-hybridized carbons (Fsp3) is 0.562.